The zero-order valence-corrected chi connectivity index (χ0v) is 8.46. The zero-order chi connectivity index (χ0) is 9.72. The van der Waals surface area contributed by atoms with E-state index in [4.69, 9.17) is 9.47 Å². The highest BCUT2D eigenvalue weighted by molar-refractivity contribution is 5.71. The molecule has 0 radical (unpaired) electrons. The maximum atomic E-state index is 11.1. The Morgan fingerprint density at radius 1 is 1.08 bits per heavy atom. The molecule has 0 aliphatic heterocycles. The third-order valence-corrected chi connectivity index (χ3v) is 1.81. The van der Waals surface area contributed by atoms with Crippen molar-refractivity contribution in [3.8, 4) is 0 Å². The molecule has 0 spiro atoms. The van der Waals surface area contributed by atoms with Crippen molar-refractivity contribution in [1.82, 2.24) is 0 Å². The summed E-state index contributed by atoms with van der Waals surface area (Å²) < 4.78 is 10.1. The highest BCUT2D eigenvalue weighted by atomic mass is 16.6. The minimum atomic E-state index is -0.176. The minimum absolute atomic E-state index is 0.0484. The van der Waals surface area contributed by atoms with Crippen molar-refractivity contribution in [1.29, 1.82) is 0 Å². The molecule has 0 amide bonds. The molecule has 0 aromatic carbocycles. The number of methoxy groups -OCH3 is 1. The average molecular weight is 174 g/mol. The van der Waals surface area contributed by atoms with Crippen molar-refractivity contribution in [3.63, 3.8) is 0 Å². The van der Waals surface area contributed by atoms with E-state index in [0.717, 1.165) is 0 Å². The fourth-order valence-electron chi connectivity index (χ4n) is 0.607. The first-order chi connectivity index (χ1) is 5.49. The molecule has 2 atom stereocenters. The summed E-state index contributed by atoms with van der Waals surface area (Å²) in [4.78, 5) is 11.1. The van der Waals surface area contributed by atoms with Crippen LogP contribution >= 0.6 is 0 Å². The summed E-state index contributed by atoms with van der Waals surface area (Å²) in [5, 5.41) is 0. The van der Waals surface area contributed by atoms with E-state index in [2.05, 4.69) is 0 Å². The Balaban J connectivity index is 3.83. The Morgan fingerprint density at radius 2 is 1.58 bits per heavy atom. The molecule has 0 aliphatic rings. The van der Waals surface area contributed by atoms with E-state index in [1.54, 1.807) is 7.11 Å². The SMILES string of the molecule is COC(C)C(C)OC(=O)C(C)C. The number of carbonyl (C=O) groups excluding carboxylic acids is 1. The molecule has 3 nitrogen and oxygen atoms in total. The van der Waals surface area contributed by atoms with E-state index >= 15 is 0 Å². The standard InChI is InChI=1S/C9H18O3/c1-6(2)9(10)12-8(4)7(3)11-5/h6-8H,1-5H3. The van der Waals surface area contributed by atoms with Gasteiger partial charge in [0.25, 0.3) is 0 Å². The molecule has 0 aliphatic carbocycles. The summed E-state index contributed by atoms with van der Waals surface area (Å²) in [6.07, 6.45) is -0.224. The van der Waals surface area contributed by atoms with Gasteiger partial charge in [0.05, 0.1) is 12.0 Å². The number of ether oxygens (including phenoxy) is 2. The quantitative estimate of drug-likeness (QED) is 0.607. The lowest BCUT2D eigenvalue weighted by Gasteiger charge is -2.19. The Morgan fingerprint density at radius 3 is 1.92 bits per heavy atom. The molecule has 0 rings (SSSR count). The number of carbonyl (C=O) groups is 1. The van der Waals surface area contributed by atoms with Crippen molar-refractivity contribution in [2.45, 2.75) is 39.9 Å². The predicted molar refractivity (Wildman–Crippen MR) is 46.9 cm³/mol. The molecular weight excluding hydrogens is 156 g/mol. The number of hydrogen-bond donors (Lipinski definition) is 0. The van der Waals surface area contributed by atoms with Gasteiger partial charge < -0.3 is 9.47 Å². The molecule has 0 fully saturated rings. The van der Waals surface area contributed by atoms with Crippen LogP contribution in [-0.4, -0.2) is 25.3 Å². The van der Waals surface area contributed by atoms with Crippen molar-refractivity contribution < 1.29 is 14.3 Å². The van der Waals surface area contributed by atoms with Crippen LogP contribution in [0.3, 0.4) is 0 Å². The fourth-order valence-corrected chi connectivity index (χ4v) is 0.607. The van der Waals surface area contributed by atoms with Gasteiger partial charge in [0.1, 0.15) is 6.10 Å². The van der Waals surface area contributed by atoms with E-state index in [1.807, 2.05) is 27.7 Å². The first kappa shape index (κ1) is 11.4. The van der Waals surface area contributed by atoms with Gasteiger partial charge in [-0.3, -0.25) is 4.79 Å². The van der Waals surface area contributed by atoms with E-state index in [1.165, 1.54) is 0 Å². The molecule has 0 bridgehead atoms. The number of rotatable bonds is 4. The minimum Gasteiger partial charge on any atom is -0.460 e. The summed E-state index contributed by atoms with van der Waals surface area (Å²) in [6.45, 7) is 7.33. The van der Waals surface area contributed by atoms with E-state index < -0.39 is 0 Å². The van der Waals surface area contributed by atoms with E-state index in [-0.39, 0.29) is 24.1 Å². The van der Waals surface area contributed by atoms with Crippen LogP contribution < -0.4 is 0 Å². The van der Waals surface area contributed by atoms with Crippen LogP contribution in [0.2, 0.25) is 0 Å². The van der Waals surface area contributed by atoms with Crippen LogP contribution in [0, 0.1) is 5.92 Å². The highest BCUT2D eigenvalue weighted by Crippen LogP contribution is 2.05. The molecule has 0 N–H and O–H groups in total. The molecule has 72 valence electrons. The second-order valence-electron chi connectivity index (χ2n) is 3.24. The van der Waals surface area contributed by atoms with Crippen LogP contribution in [0.1, 0.15) is 27.7 Å². The molecule has 2 unspecified atom stereocenters. The largest absolute Gasteiger partial charge is 0.460 e. The van der Waals surface area contributed by atoms with Gasteiger partial charge in [0.15, 0.2) is 0 Å². The van der Waals surface area contributed by atoms with Gasteiger partial charge in [-0.25, -0.2) is 0 Å². The van der Waals surface area contributed by atoms with Crippen molar-refractivity contribution >= 4 is 5.97 Å². The van der Waals surface area contributed by atoms with Crippen molar-refractivity contribution in [3.05, 3.63) is 0 Å². The van der Waals surface area contributed by atoms with Gasteiger partial charge >= 0.3 is 5.97 Å². The summed E-state index contributed by atoms with van der Waals surface area (Å²) in [5.41, 5.74) is 0. The van der Waals surface area contributed by atoms with Crippen LogP contribution in [0.15, 0.2) is 0 Å². The summed E-state index contributed by atoms with van der Waals surface area (Å²) in [6, 6.07) is 0. The summed E-state index contributed by atoms with van der Waals surface area (Å²) in [5.74, 6) is -0.247. The maximum absolute atomic E-state index is 11.1. The molecule has 0 heterocycles. The summed E-state index contributed by atoms with van der Waals surface area (Å²) in [7, 11) is 1.60. The highest BCUT2D eigenvalue weighted by Gasteiger charge is 2.17. The molecule has 0 saturated heterocycles. The Kier molecular flexibility index (Phi) is 4.90. The Hall–Kier alpha value is -0.570. The lowest BCUT2D eigenvalue weighted by atomic mass is 10.2. The number of hydrogen-bond acceptors (Lipinski definition) is 3. The van der Waals surface area contributed by atoms with Crippen LogP contribution in [0.25, 0.3) is 0 Å². The van der Waals surface area contributed by atoms with Gasteiger partial charge in [-0.15, -0.1) is 0 Å². The van der Waals surface area contributed by atoms with Crippen LogP contribution in [0.5, 0.6) is 0 Å². The Bertz CT molecular complexity index is 143. The maximum Gasteiger partial charge on any atom is 0.308 e. The lowest BCUT2D eigenvalue weighted by molar-refractivity contribution is -0.157. The third kappa shape index (κ3) is 3.72. The second-order valence-corrected chi connectivity index (χ2v) is 3.24. The van der Waals surface area contributed by atoms with Crippen molar-refractivity contribution in [2.24, 2.45) is 5.92 Å². The lowest BCUT2D eigenvalue weighted by Crippen LogP contribution is -2.29. The van der Waals surface area contributed by atoms with Gasteiger partial charge in [0.2, 0.25) is 0 Å². The van der Waals surface area contributed by atoms with Gasteiger partial charge in [0, 0.05) is 7.11 Å². The molecule has 0 aromatic rings. The van der Waals surface area contributed by atoms with E-state index in [0.29, 0.717) is 0 Å². The smallest absolute Gasteiger partial charge is 0.308 e. The average Bonchev–Trinajstić information content (AvgIpc) is 2.02. The van der Waals surface area contributed by atoms with Crippen molar-refractivity contribution in [2.75, 3.05) is 7.11 Å². The first-order valence-corrected chi connectivity index (χ1v) is 4.22. The monoisotopic (exact) mass is 174 g/mol. The number of esters is 1. The normalized spacial score (nSPS) is 15.8. The fraction of sp³-hybridized carbons (Fsp3) is 0.889. The first-order valence-electron chi connectivity index (χ1n) is 4.22. The van der Waals surface area contributed by atoms with Gasteiger partial charge in [-0.2, -0.15) is 0 Å². The van der Waals surface area contributed by atoms with E-state index in [9.17, 15) is 4.79 Å². The zero-order valence-electron chi connectivity index (χ0n) is 8.46. The van der Waals surface area contributed by atoms with Crippen LogP contribution in [-0.2, 0) is 14.3 Å². The molecule has 0 saturated carbocycles. The molecule has 12 heavy (non-hydrogen) atoms. The van der Waals surface area contributed by atoms with Gasteiger partial charge in [-0.05, 0) is 13.8 Å². The van der Waals surface area contributed by atoms with Crippen LogP contribution in [0.4, 0.5) is 0 Å². The predicted octanol–water partition coefficient (Wildman–Crippen LogP) is 1.61. The molecule has 0 aromatic heterocycles. The molecular formula is C9H18O3. The molecule has 3 heteroatoms. The second kappa shape index (κ2) is 5.14. The Labute approximate surface area is 74.0 Å². The summed E-state index contributed by atoms with van der Waals surface area (Å²) >= 11 is 0. The third-order valence-electron chi connectivity index (χ3n) is 1.81. The van der Waals surface area contributed by atoms with Gasteiger partial charge in [-0.1, -0.05) is 13.8 Å². The topological polar surface area (TPSA) is 35.5 Å².